The van der Waals surface area contributed by atoms with Gasteiger partial charge in [-0.25, -0.2) is 5.53 Å². The molecule has 68 valence electrons. The molecule has 1 rings (SSSR count). The van der Waals surface area contributed by atoms with Gasteiger partial charge in [-0.2, -0.15) is 10.0 Å². The molecule has 0 aliphatic rings. The maximum atomic E-state index is 10.3. The van der Waals surface area contributed by atoms with E-state index in [2.05, 4.69) is 10.3 Å². The molecule has 0 bridgehead atoms. The maximum Gasteiger partial charge on any atom is 0.121 e. The summed E-state index contributed by atoms with van der Waals surface area (Å²) in [5, 5.41) is 6.26. The molecule has 0 saturated heterocycles. The minimum atomic E-state index is -0.486. The van der Waals surface area contributed by atoms with Crippen LogP contribution in [-0.4, -0.2) is 6.04 Å². The van der Waals surface area contributed by atoms with Crippen molar-refractivity contribution in [1.82, 2.24) is 0 Å². The van der Waals surface area contributed by atoms with E-state index >= 15 is 0 Å². The van der Waals surface area contributed by atoms with E-state index in [0.29, 0.717) is 0 Å². The highest BCUT2D eigenvalue weighted by molar-refractivity contribution is 5.20. The topological polar surface area (TPSA) is 65.6 Å². The second-order valence-electron chi connectivity index (χ2n) is 2.83. The van der Waals surface area contributed by atoms with Gasteiger partial charge in [0.15, 0.2) is 0 Å². The Morgan fingerprint density at radius 2 is 1.92 bits per heavy atom. The third-order valence-electron chi connectivity index (χ3n) is 1.90. The normalized spacial score (nSPS) is 14.5. The molecule has 0 fully saturated rings. The van der Waals surface area contributed by atoms with Gasteiger partial charge in [0, 0.05) is 0 Å². The van der Waals surface area contributed by atoms with Crippen molar-refractivity contribution in [3.05, 3.63) is 40.8 Å². The summed E-state index contributed by atoms with van der Waals surface area (Å²) in [6.07, 6.45) is 0. The third kappa shape index (κ3) is 2.18. The van der Waals surface area contributed by atoms with Crippen LogP contribution in [0.1, 0.15) is 18.5 Å². The largest absolute Gasteiger partial charge is 0.209 e. The third-order valence-corrected chi connectivity index (χ3v) is 1.90. The van der Waals surface area contributed by atoms with E-state index in [1.54, 1.807) is 6.92 Å². The average Bonchev–Trinajstić information content (AvgIpc) is 2.20. The van der Waals surface area contributed by atoms with Crippen LogP contribution in [-0.2, 0) is 0 Å². The van der Waals surface area contributed by atoms with E-state index < -0.39 is 12.1 Å². The van der Waals surface area contributed by atoms with E-state index in [-0.39, 0.29) is 0 Å². The van der Waals surface area contributed by atoms with Crippen LogP contribution in [0.4, 0.5) is 0 Å². The van der Waals surface area contributed by atoms with Crippen LogP contribution >= 0.6 is 0 Å². The van der Waals surface area contributed by atoms with E-state index in [1.165, 1.54) is 0 Å². The highest BCUT2D eigenvalue weighted by Gasteiger charge is 2.18. The lowest BCUT2D eigenvalue weighted by molar-refractivity contribution is 0.555. The molecule has 0 aliphatic carbocycles. The predicted molar refractivity (Wildman–Crippen MR) is 49.6 cm³/mol. The number of rotatable bonds is 4. The molecular weight excluding hydrogens is 166 g/mol. The number of hydrogen-bond acceptors (Lipinski definition) is 4. The van der Waals surface area contributed by atoms with Crippen LogP contribution in [0.2, 0.25) is 0 Å². The first-order valence-corrected chi connectivity index (χ1v) is 4.03. The Kier molecular flexibility index (Phi) is 3.25. The van der Waals surface area contributed by atoms with E-state index in [1.807, 2.05) is 30.3 Å². The molecule has 0 saturated carbocycles. The van der Waals surface area contributed by atoms with Crippen LogP contribution in [0.3, 0.4) is 0 Å². The lowest BCUT2D eigenvalue weighted by Gasteiger charge is -2.11. The molecule has 2 atom stereocenters. The monoisotopic (exact) mass is 177 g/mol. The molecule has 0 aromatic heterocycles. The van der Waals surface area contributed by atoms with E-state index in [9.17, 15) is 4.91 Å². The van der Waals surface area contributed by atoms with E-state index in [0.717, 1.165) is 5.56 Å². The maximum absolute atomic E-state index is 10.3. The smallest absolute Gasteiger partial charge is 0.121 e. The number of benzene rings is 1. The molecule has 4 heteroatoms. The Labute approximate surface area is 76.5 Å². The summed E-state index contributed by atoms with van der Waals surface area (Å²) in [5.74, 6) is 0. The zero-order valence-electron chi connectivity index (χ0n) is 7.34. The van der Waals surface area contributed by atoms with Crippen LogP contribution in [0.15, 0.2) is 40.6 Å². The molecular formula is C9H11N3O. The van der Waals surface area contributed by atoms with Crippen molar-refractivity contribution in [1.29, 1.82) is 5.53 Å². The molecule has 0 spiro atoms. The minimum Gasteiger partial charge on any atom is -0.209 e. The fourth-order valence-corrected chi connectivity index (χ4v) is 1.17. The van der Waals surface area contributed by atoms with Gasteiger partial charge in [0.2, 0.25) is 0 Å². The summed E-state index contributed by atoms with van der Waals surface area (Å²) >= 11 is 0. The van der Waals surface area contributed by atoms with Gasteiger partial charge in [-0.1, -0.05) is 35.5 Å². The van der Waals surface area contributed by atoms with Gasteiger partial charge in [-0.15, -0.1) is 0 Å². The predicted octanol–water partition coefficient (Wildman–Crippen LogP) is 2.91. The summed E-state index contributed by atoms with van der Waals surface area (Å²) in [7, 11) is 0. The molecule has 0 heterocycles. The van der Waals surface area contributed by atoms with Crippen LogP contribution in [0.25, 0.3) is 0 Å². The van der Waals surface area contributed by atoms with Crippen molar-refractivity contribution in [2.45, 2.75) is 19.0 Å². The Bertz CT molecular complexity index is 286. The molecule has 1 aromatic rings. The van der Waals surface area contributed by atoms with Crippen molar-refractivity contribution in [2.75, 3.05) is 0 Å². The number of nitrogens with one attached hydrogen (secondary N) is 1. The summed E-state index contributed by atoms with van der Waals surface area (Å²) in [4.78, 5) is 10.3. The Hall–Kier alpha value is -1.58. The van der Waals surface area contributed by atoms with Gasteiger partial charge >= 0.3 is 0 Å². The standard InChI is InChI=1S/C9H11N3O/c1-7(12-13)9(11-10)8-5-3-2-4-6-8/h2-7,9-10H,1H3. The Morgan fingerprint density at radius 3 is 2.38 bits per heavy atom. The van der Waals surface area contributed by atoms with Gasteiger partial charge < -0.3 is 0 Å². The van der Waals surface area contributed by atoms with Gasteiger partial charge in [-0.3, -0.25) is 0 Å². The zero-order valence-corrected chi connectivity index (χ0v) is 7.34. The highest BCUT2D eigenvalue weighted by atomic mass is 16.3. The van der Waals surface area contributed by atoms with Crippen molar-refractivity contribution < 1.29 is 0 Å². The SMILES string of the molecule is CC(N=O)C(N=N)c1ccccc1. The van der Waals surface area contributed by atoms with Gasteiger partial charge in [0.1, 0.15) is 12.1 Å². The lowest BCUT2D eigenvalue weighted by atomic mass is 10.0. The van der Waals surface area contributed by atoms with Gasteiger partial charge in [0.25, 0.3) is 0 Å². The average molecular weight is 177 g/mol. The molecule has 2 unspecified atom stereocenters. The first kappa shape index (κ1) is 9.51. The molecule has 4 nitrogen and oxygen atoms in total. The lowest BCUT2D eigenvalue weighted by Crippen LogP contribution is -2.09. The zero-order chi connectivity index (χ0) is 9.68. The van der Waals surface area contributed by atoms with Crippen molar-refractivity contribution in [2.24, 2.45) is 10.3 Å². The summed E-state index contributed by atoms with van der Waals surface area (Å²) in [5.41, 5.74) is 7.81. The van der Waals surface area contributed by atoms with Crippen LogP contribution in [0, 0.1) is 10.4 Å². The molecule has 1 N–H and O–H groups in total. The fraction of sp³-hybridized carbons (Fsp3) is 0.333. The first-order valence-electron chi connectivity index (χ1n) is 4.03. The summed E-state index contributed by atoms with van der Waals surface area (Å²) in [6.45, 7) is 1.66. The van der Waals surface area contributed by atoms with Gasteiger partial charge in [0.05, 0.1) is 0 Å². The number of hydrogen-bond donors (Lipinski definition) is 1. The Balaban J connectivity index is 2.90. The minimum absolute atomic E-state index is 0.446. The molecule has 0 amide bonds. The van der Waals surface area contributed by atoms with Crippen molar-refractivity contribution in [3.63, 3.8) is 0 Å². The fourth-order valence-electron chi connectivity index (χ4n) is 1.17. The van der Waals surface area contributed by atoms with Crippen LogP contribution in [0.5, 0.6) is 0 Å². The quantitative estimate of drug-likeness (QED) is 0.557. The van der Waals surface area contributed by atoms with Crippen molar-refractivity contribution in [3.8, 4) is 0 Å². The number of nitroso groups, excluding NO2 is 1. The summed E-state index contributed by atoms with van der Waals surface area (Å²) in [6, 6.07) is 8.33. The first-order chi connectivity index (χ1) is 6.29. The second kappa shape index (κ2) is 4.45. The molecule has 1 aromatic carbocycles. The summed E-state index contributed by atoms with van der Waals surface area (Å²) < 4.78 is 0. The van der Waals surface area contributed by atoms with Crippen LogP contribution < -0.4 is 0 Å². The van der Waals surface area contributed by atoms with Crippen molar-refractivity contribution >= 4 is 0 Å². The molecule has 0 radical (unpaired) electrons. The molecule has 13 heavy (non-hydrogen) atoms. The highest BCUT2D eigenvalue weighted by Crippen LogP contribution is 2.22. The number of nitrogens with zero attached hydrogens (tertiary/aromatic N) is 2. The second-order valence-corrected chi connectivity index (χ2v) is 2.83. The molecule has 0 aliphatic heterocycles. The Morgan fingerprint density at radius 1 is 1.31 bits per heavy atom. The van der Waals surface area contributed by atoms with Gasteiger partial charge in [-0.05, 0) is 12.5 Å². The van der Waals surface area contributed by atoms with E-state index in [4.69, 9.17) is 5.53 Å².